The highest BCUT2D eigenvalue weighted by molar-refractivity contribution is 7.90. The van der Waals surface area contributed by atoms with Crippen LogP contribution in [0.1, 0.15) is 73.4 Å². The number of carbonyl (C=O) groups excluding carboxylic acids is 8. The Hall–Kier alpha value is -8.83. The second-order valence-electron chi connectivity index (χ2n) is 23.5. The van der Waals surface area contributed by atoms with Crippen molar-refractivity contribution in [1.82, 2.24) is 46.6 Å². The fourth-order valence-electron chi connectivity index (χ4n) is 11.9. The molecular weight excluding hydrogens is 1240 g/mol. The second-order valence-corrected chi connectivity index (χ2v) is 23.9. The number of benzene rings is 4. The van der Waals surface area contributed by atoms with Gasteiger partial charge in [0.2, 0.25) is 53.1 Å². The lowest BCUT2D eigenvalue weighted by Crippen LogP contribution is -2.64. The summed E-state index contributed by atoms with van der Waals surface area (Å²) >= 11 is 0.0556. The number of aliphatic hydroxyl groups is 6. The Morgan fingerprint density at radius 2 is 1.39 bits per heavy atom. The number of piperidine rings is 1. The minimum Gasteiger partial charge on any atom is -0.504 e. The molecule has 93 heavy (non-hydrogen) atoms. The molecule has 15 N–H and O–H groups in total. The number of nitrogens with zero attached hydrogens (tertiary/aromatic N) is 5. The molecule has 0 spiro atoms. The van der Waals surface area contributed by atoms with E-state index in [9.17, 15) is 74.1 Å². The van der Waals surface area contributed by atoms with Crippen LogP contribution in [0, 0.1) is 5.92 Å². The molecule has 12 unspecified atom stereocenters. The van der Waals surface area contributed by atoms with E-state index in [-0.39, 0.29) is 41.0 Å². The molecule has 5 heterocycles. The smallest absolute Gasteiger partial charge is 0.261 e. The standard InChI is InChI=1S/C61H73N11O20S/c1-30-28-72-51(52(30)80)57(85)63-27-39(74)24-41(64-53(81)35-9-11-36(12-10-35)58-68-69-59(89-58)37-13-15-38(16-14-37)70-20-18-34(19-21-70)33-6-4-3-5-7-33)54(82)65-48(31(2)73)60(86)71-29-40(75)25-42(71)55(83)66-49(56(84)67-50(61(72)87)45(78)26-47(62)79)44(77)22-32-8-17-43(76)46(23-32)90-93-92-91-88/h3-17,23,30-31,34,39-42,44-45,48-52,73-78,80,88H,18-22,24-29H2,1-2H3,(H2,62,79)(H,63,85)(H,64,81)(H,65,82)(H,66,83)(H,67,84)/t30?,31?,39?,40?,41-,42?,44?,45?,48?,49?,50?,51?,52?/m0/s1. The van der Waals surface area contributed by atoms with E-state index in [0.717, 1.165) is 60.5 Å². The van der Waals surface area contributed by atoms with E-state index in [1.165, 1.54) is 42.8 Å². The molecule has 4 aliphatic heterocycles. The fourth-order valence-corrected chi connectivity index (χ4v) is 12.1. The third-order valence-electron chi connectivity index (χ3n) is 16.9. The lowest BCUT2D eigenvalue weighted by Gasteiger charge is -2.34. The highest BCUT2D eigenvalue weighted by Crippen LogP contribution is 2.34. The number of aromatic nitrogens is 2. The number of β-amino-alcohol motifs (C(OH)–C–C–N with tert-alkyl or cyclic N) is 1. The zero-order valence-corrected chi connectivity index (χ0v) is 51.1. The van der Waals surface area contributed by atoms with Gasteiger partial charge in [0.15, 0.2) is 11.5 Å². The average Bonchev–Trinajstić information content (AvgIpc) is 1.74. The molecule has 0 radical (unpaired) electrons. The summed E-state index contributed by atoms with van der Waals surface area (Å²) in [5.74, 6) is -10.3. The number of aromatic hydroxyl groups is 1. The molecule has 32 heteroatoms. The highest BCUT2D eigenvalue weighted by atomic mass is 32.2. The molecule has 13 atom stereocenters. The minimum absolute atomic E-state index is 0.0338. The molecule has 0 aliphatic carbocycles. The second kappa shape index (κ2) is 30.7. The summed E-state index contributed by atoms with van der Waals surface area (Å²) in [6.07, 6.45) is -11.6. The molecule has 4 saturated heterocycles. The zero-order chi connectivity index (χ0) is 66.8. The first kappa shape index (κ1) is 68.5. The summed E-state index contributed by atoms with van der Waals surface area (Å²) in [5.41, 5.74) is 8.94. The summed E-state index contributed by atoms with van der Waals surface area (Å²) in [6, 6.07) is 15.8. The van der Waals surface area contributed by atoms with Crippen molar-refractivity contribution in [3.05, 3.63) is 114 Å². The lowest BCUT2D eigenvalue weighted by molar-refractivity contribution is -0.433. The van der Waals surface area contributed by atoms with Gasteiger partial charge in [-0.05, 0) is 97.5 Å². The van der Waals surface area contributed by atoms with Crippen LogP contribution >= 0.6 is 12.3 Å². The van der Waals surface area contributed by atoms with Crippen molar-refractivity contribution in [2.24, 2.45) is 11.7 Å². The number of anilines is 1. The Bertz CT molecular complexity index is 3470. The fraction of sp³-hybridized carbons (Fsp3) is 0.443. The predicted octanol–water partition coefficient (Wildman–Crippen LogP) is -1.32. The number of aliphatic hydroxyl groups excluding tert-OH is 6. The van der Waals surface area contributed by atoms with Crippen molar-refractivity contribution in [3.8, 4) is 34.4 Å². The van der Waals surface area contributed by atoms with Gasteiger partial charge in [0.1, 0.15) is 36.3 Å². The number of primary amides is 1. The number of fused-ring (bicyclic) bond motifs is 2. The van der Waals surface area contributed by atoms with E-state index in [2.05, 4.69) is 75.3 Å². The van der Waals surface area contributed by atoms with Gasteiger partial charge in [0.25, 0.3) is 18.2 Å². The Labute approximate surface area is 535 Å². The molecule has 498 valence electrons. The van der Waals surface area contributed by atoms with Crippen LogP contribution in [-0.2, 0) is 49.4 Å². The van der Waals surface area contributed by atoms with Crippen molar-refractivity contribution in [2.75, 3.05) is 37.6 Å². The van der Waals surface area contributed by atoms with Gasteiger partial charge in [0, 0.05) is 80.3 Å². The maximum Gasteiger partial charge on any atom is 0.261 e. The van der Waals surface area contributed by atoms with Gasteiger partial charge in [-0.3, -0.25) is 38.4 Å². The number of hydrogen-bond acceptors (Lipinski definition) is 24. The Kier molecular flexibility index (Phi) is 22.6. The number of phenols is 1. The van der Waals surface area contributed by atoms with Crippen molar-refractivity contribution in [1.29, 1.82) is 0 Å². The summed E-state index contributed by atoms with van der Waals surface area (Å²) in [4.78, 5) is 118. The SMILES string of the molecule is CC(O)C1NC(=O)[C@@H](NC(=O)c2ccc(-c3nnc(-c4ccc(N5CCC(c6ccccc6)CC5)cc4)o3)cc2)CC(O)CNC(=O)C2C(O)C(C)CN2C(=O)C(C(O)CC(N)=O)NC(=O)C(C(O)Cc2ccc(O)c(OSOOO)c2)NC(=O)C2CC(O)CN2C1=O. The van der Waals surface area contributed by atoms with Crippen molar-refractivity contribution in [2.45, 2.75) is 131 Å². The Balaban J connectivity index is 0.965. The van der Waals surface area contributed by atoms with Crippen LogP contribution in [0.2, 0.25) is 0 Å². The van der Waals surface area contributed by atoms with Gasteiger partial charge in [-0.25, -0.2) is 5.26 Å². The summed E-state index contributed by atoms with van der Waals surface area (Å²) in [5, 5.41) is 111. The number of phenolic OH excluding ortho intramolecular Hbond substituents is 1. The molecule has 1 aromatic heterocycles. The van der Waals surface area contributed by atoms with Crippen LogP contribution in [-0.4, -0.2) is 214 Å². The van der Waals surface area contributed by atoms with Crippen molar-refractivity contribution >= 4 is 65.3 Å². The molecular formula is C61H73N11O20S. The first-order valence-electron chi connectivity index (χ1n) is 29.9. The van der Waals surface area contributed by atoms with Gasteiger partial charge < -0.3 is 91.4 Å². The Morgan fingerprint density at radius 1 is 0.753 bits per heavy atom. The van der Waals surface area contributed by atoms with Crippen LogP contribution in [0.4, 0.5) is 5.69 Å². The van der Waals surface area contributed by atoms with Crippen LogP contribution in [0.3, 0.4) is 0 Å². The quantitative estimate of drug-likeness (QED) is 0.0222. The monoisotopic (exact) mass is 1310 g/mol. The van der Waals surface area contributed by atoms with Gasteiger partial charge in [-0.15, -0.1) is 10.2 Å². The van der Waals surface area contributed by atoms with Crippen molar-refractivity contribution < 1.29 is 97.3 Å². The third kappa shape index (κ3) is 16.7. The predicted molar refractivity (Wildman–Crippen MR) is 326 cm³/mol. The van der Waals surface area contributed by atoms with E-state index in [0.29, 0.717) is 17.0 Å². The number of hydrogen-bond donors (Lipinski definition) is 14. The maximum absolute atomic E-state index is 14.7. The number of rotatable bonds is 17. The van der Waals surface area contributed by atoms with Crippen LogP contribution in [0.25, 0.3) is 22.9 Å². The molecule has 31 nitrogen and oxygen atoms in total. The summed E-state index contributed by atoms with van der Waals surface area (Å²) < 4.78 is 15.4. The third-order valence-corrected chi connectivity index (χ3v) is 17.2. The van der Waals surface area contributed by atoms with Gasteiger partial charge in [0.05, 0.1) is 43.0 Å². The van der Waals surface area contributed by atoms with E-state index >= 15 is 0 Å². The molecule has 4 aliphatic rings. The lowest BCUT2D eigenvalue weighted by atomic mass is 9.89. The first-order valence-corrected chi connectivity index (χ1v) is 30.6. The highest BCUT2D eigenvalue weighted by Gasteiger charge is 2.50. The van der Waals surface area contributed by atoms with E-state index in [1.807, 2.05) is 30.3 Å². The molecule has 4 fully saturated rings. The van der Waals surface area contributed by atoms with Crippen LogP contribution in [0.15, 0.2) is 101 Å². The molecule has 5 aromatic rings. The average molecular weight is 1310 g/mol. The first-order chi connectivity index (χ1) is 44.5. The normalized spacial score (nSPS) is 25.7. The number of carbonyl (C=O) groups is 8. The number of nitrogens with two attached hydrogens (primary N) is 1. The minimum atomic E-state index is -2.22. The molecule has 9 rings (SSSR count). The van der Waals surface area contributed by atoms with Gasteiger partial charge in [-0.1, -0.05) is 52.7 Å². The van der Waals surface area contributed by atoms with E-state index < -0.39 is 177 Å². The topological polar surface area (TPSA) is 461 Å². The summed E-state index contributed by atoms with van der Waals surface area (Å²) in [6.45, 7) is 2.64. The number of amides is 8. The van der Waals surface area contributed by atoms with E-state index in [4.69, 9.17) is 19.6 Å². The van der Waals surface area contributed by atoms with E-state index in [1.54, 1.807) is 0 Å². The molecule has 0 saturated carbocycles. The van der Waals surface area contributed by atoms with Crippen LogP contribution in [0.5, 0.6) is 11.5 Å². The van der Waals surface area contributed by atoms with Gasteiger partial charge >= 0.3 is 0 Å². The zero-order valence-electron chi connectivity index (χ0n) is 50.3. The molecule has 8 amide bonds. The maximum atomic E-state index is 14.7. The molecule has 0 bridgehead atoms. The largest absolute Gasteiger partial charge is 0.504 e. The number of nitrogens with one attached hydrogen (secondary N) is 5. The van der Waals surface area contributed by atoms with Crippen LogP contribution < -0.4 is 41.4 Å². The summed E-state index contributed by atoms with van der Waals surface area (Å²) in [7, 11) is 0. The van der Waals surface area contributed by atoms with Gasteiger partial charge in [-0.2, -0.15) is 0 Å². The molecule has 4 aromatic carbocycles. The Morgan fingerprint density at radius 3 is 2.03 bits per heavy atom. The van der Waals surface area contributed by atoms with Crippen molar-refractivity contribution in [3.63, 3.8) is 0 Å².